The fourth-order valence-corrected chi connectivity index (χ4v) is 3.59. The molecule has 1 atom stereocenters. The molecular weight excluding hydrogens is 386 g/mol. The highest BCUT2D eigenvalue weighted by molar-refractivity contribution is 6.08. The fourth-order valence-electron chi connectivity index (χ4n) is 3.59. The van der Waals surface area contributed by atoms with E-state index in [0.717, 1.165) is 11.1 Å². The number of ether oxygens (including phenoxy) is 1. The van der Waals surface area contributed by atoms with E-state index in [4.69, 9.17) is 9.73 Å². The van der Waals surface area contributed by atoms with Crippen molar-refractivity contribution in [3.63, 3.8) is 0 Å². The Morgan fingerprint density at radius 2 is 1.77 bits per heavy atom. The Bertz CT molecular complexity index is 1030. The number of allylic oxidation sites excluding steroid dienone is 2. The van der Waals surface area contributed by atoms with Crippen molar-refractivity contribution in [1.82, 2.24) is 4.90 Å². The number of nitrogens with zero attached hydrogens (tertiary/aromatic N) is 3. The third-order valence-electron chi connectivity index (χ3n) is 4.95. The molecule has 30 heavy (non-hydrogen) atoms. The molecule has 2 heterocycles. The molecular formula is C22H19N3O5. The maximum atomic E-state index is 13.0. The van der Waals surface area contributed by atoms with E-state index in [1.807, 2.05) is 54.6 Å². The van der Waals surface area contributed by atoms with E-state index >= 15 is 0 Å². The van der Waals surface area contributed by atoms with Gasteiger partial charge in [-0.15, -0.1) is 10.1 Å². The summed E-state index contributed by atoms with van der Waals surface area (Å²) >= 11 is 0. The Hall–Kier alpha value is -3.94. The van der Waals surface area contributed by atoms with Gasteiger partial charge in [0.1, 0.15) is 30.3 Å². The average molecular weight is 405 g/mol. The Kier molecular flexibility index (Phi) is 5.30. The molecule has 1 amide bonds. The third kappa shape index (κ3) is 3.80. The van der Waals surface area contributed by atoms with Crippen molar-refractivity contribution in [2.45, 2.75) is 12.0 Å². The molecule has 0 aromatic heterocycles. The quantitative estimate of drug-likeness (QED) is 0.400. The minimum Gasteiger partial charge on any atom is -0.492 e. The molecule has 2 aromatic rings. The van der Waals surface area contributed by atoms with Crippen molar-refractivity contribution in [1.29, 1.82) is 0 Å². The summed E-state index contributed by atoms with van der Waals surface area (Å²) in [5.41, 5.74) is 0.917. The molecule has 8 heteroatoms. The lowest BCUT2D eigenvalue weighted by Gasteiger charge is -2.38. The number of rotatable bonds is 7. The van der Waals surface area contributed by atoms with Gasteiger partial charge in [0.15, 0.2) is 0 Å². The van der Waals surface area contributed by atoms with Crippen LogP contribution >= 0.6 is 0 Å². The lowest BCUT2D eigenvalue weighted by atomic mass is 9.79. The number of hydrogen-bond acceptors (Lipinski definition) is 6. The number of amides is 1. The normalized spacial score (nSPS) is 19.8. The first-order chi connectivity index (χ1) is 14.6. The molecule has 152 valence electrons. The van der Waals surface area contributed by atoms with E-state index < -0.39 is 10.6 Å². The van der Waals surface area contributed by atoms with E-state index in [1.165, 1.54) is 0 Å². The Balaban J connectivity index is 1.67. The topological polar surface area (TPSA) is 94.3 Å². The molecule has 2 aromatic carbocycles. The van der Waals surface area contributed by atoms with Gasteiger partial charge in [-0.25, -0.2) is 0 Å². The van der Waals surface area contributed by atoms with E-state index in [1.54, 1.807) is 29.3 Å². The molecule has 0 N–H and O–H groups in total. The molecule has 0 saturated carbocycles. The first-order valence-corrected chi connectivity index (χ1v) is 9.41. The third-order valence-corrected chi connectivity index (χ3v) is 4.95. The van der Waals surface area contributed by atoms with Gasteiger partial charge in [0.2, 0.25) is 5.91 Å². The van der Waals surface area contributed by atoms with Crippen LogP contribution in [0.2, 0.25) is 0 Å². The van der Waals surface area contributed by atoms with Gasteiger partial charge in [-0.1, -0.05) is 48.5 Å². The van der Waals surface area contributed by atoms with Crippen molar-refractivity contribution in [3.8, 4) is 5.75 Å². The monoisotopic (exact) mass is 405 g/mol. The lowest BCUT2D eigenvalue weighted by Crippen LogP contribution is -2.44. The van der Waals surface area contributed by atoms with Gasteiger partial charge in [0.05, 0.1) is 6.42 Å². The molecule has 0 fully saturated rings. The zero-order chi connectivity index (χ0) is 21.0. The van der Waals surface area contributed by atoms with Gasteiger partial charge in [-0.3, -0.25) is 14.7 Å². The van der Waals surface area contributed by atoms with E-state index in [-0.39, 0.29) is 25.5 Å². The Morgan fingerprint density at radius 1 is 1.03 bits per heavy atom. The van der Waals surface area contributed by atoms with Gasteiger partial charge in [0, 0.05) is 6.20 Å². The highest BCUT2D eigenvalue weighted by atomic mass is 17.0. The number of fused-ring (bicyclic) bond motifs is 1. The predicted molar refractivity (Wildman–Crippen MR) is 109 cm³/mol. The fraction of sp³-hybridized carbons (Fsp3) is 0.182. The number of carbonyl (C=O) groups excluding carboxylic acids is 1. The molecule has 4 rings (SSSR count). The molecule has 2 aliphatic rings. The maximum absolute atomic E-state index is 13.0. The van der Waals surface area contributed by atoms with Crippen molar-refractivity contribution >= 4 is 11.7 Å². The van der Waals surface area contributed by atoms with Crippen LogP contribution in [0.4, 0.5) is 0 Å². The van der Waals surface area contributed by atoms with Crippen LogP contribution < -0.4 is 4.74 Å². The average Bonchev–Trinajstić information content (AvgIpc) is 2.77. The summed E-state index contributed by atoms with van der Waals surface area (Å²) in [6, 6.07) is 17.0. The predicted octanol–water partition coefficient (Wildman–Crippen LogP) is 3.23. The van der Waals surface area contributed by atoms with Crippen LogP contribution in [0.1, 0.15) is 17.5 Å². The zero-order valence-electron chi connectivity index (χ0n) is 16.0. The Morgan fingerprint density at radius 3 is 2.50 bits per heavy atom. The maximum Gasteiger partial charge on any atom is 0.294 e. The molecule has 0 aliphatic carbocycles. The smallest absolute Gasteiger partial charge is 0.294 e. The number of aliphatic imine (C=N–C) groups is 1. The second-order valence-corrected chi connectivity index (χ2v) is 6.77. The van der Waals surface area contributed by atoms with E-state index in [0.29, 0.717) is 11.6 Å². The van der Waals surface area contributed by atoms with E-state index in [2.05, 4.69) is 4.84 Å². The standard InChI is InChI=1S/C22H19N3O5/c26-21-16-22(17-6-2-1-3-7-17,23-20-8-4-5-13-24(20)21)18-9-11-19(12-10-18)29-14-15-30-25(27)28/h1-13H,14-16H2. The number of carbonyl (C=O) groups is 1. The highest BCUT2D eigenvalue weighted by Crippen LogP contribution is 2.41. The van der Waals surface area contributed by atoms with Crippen molar-refractivity contribution in [3.05, 3.63) is 100 Å². The summed E-state index contributed by atoms with van der Waals surface area (Å²) in [4.78, 5) is 34.0. The number of amidine groups is 1. The molecule has 1 unspecified atom stereocenters. The zero-order valence-corrected chi connectivity index (χ0v) is 16.0. The van der Waals surface area contributed by atoms with Crippen LogP contribution in [0.3, 0.4) is 0 Å². The summed E-state index contributed by atoms with van der Waals surface area (Å²) in [5, 5.41) is 9.35. The van der Waals surface area contributed by atoms with Crippen LogP contribution in [0.5, 0.6) is 5.75 Å². The molecule has 0 bridgehead atoms. The number of hydrogen-bond donors (Lipinski definition) is 0. The Labute approximate surface area is 172 Å². The summed E-state index contributed by atoms with van der Waals surface area (Å²) in [7, 11) is 0. The van der Waals surface area contributed by atoms with Crippen molar-refractivity contribution in [2.75, 3.05) is 13.2 Å². The molecule has 8 nitrogen and oxygen atoms in total. The molecule has 0 radical (unpaired) electrons. The second kappa shape index (κ2) is 8.20. The minimum atomic E-state index is -0.854. The summed E-state index contributed by atoms with van der Waals surface area (Å²) in [6.07, 6.45) is 7.39. The highest BCUT2D eigenvalue weighted by Gasteiger charge is 2.42. The molecule has 0 saturated heterocycles. The van der Waals surface area contributed by atoms with Crippen LogP contribution in [-0.2, 0) is 15.2 Å². The van der Waals surface area contributed by atoms with E-state index in [9.17, 15) is 14.9 Å². The molecule has 0 spiro atoms. The summed E-state index contributed by atoms with van der Waals surface area (Å²) in [5.74, 6) is 1.10. The first-order valence-electron chi connectivity index (χ1n) is 9.41. The summed E-state index contributed by atoms with van der Waals surface area (Å²) in [6.45, 7) is -0.0996. The van der Waals surface area contributed by atoms with Gasteiger partial charge in [0.25, 0.3) is 5.09 Å². The van der Waals surface area contributed by atoms with Crippen LogP contribution in [0, 0.1) is 10.1 Å². The lowest BCUT2D eigenvalue weighted by molar-refractivity contribution is -0.757. The number of benzene rings is 2. The SMILES string of the molecule is O=C1CC(c2ccccc2)(c2ccc(OCCO[N+](=O)[O-])cc2)N=C2C=CC=CN12. The van der Waals surface area contributed by atoms with Crippen molar-refractivity contribution in [2.24, 2.45) is 4.99 Å². The van der Waals surface area contributed by atoms with Crippen LogP contribution in [-0.4, -0.2) is 34.9 Å². The van der Waals surface area contributed by atoms with Crippen LogP contribution in [0.15, 0.2) is 84.0 Å². The summed E-state index contributed by atoms with van der Waals surface area (Å²) < 4.78 is 5.48. The molecule has 2 aliphatic heterocycles. The van der Waals surface area contributed by atoms with Gasteiger partial charge >= 0.3 is 0 Å². The van der Waals surface area contributed by atoms with Crippen molar-refractivity contribution < 1.29 is 19.5 Å². The van der Waals surface area contributed by atoms with Gasteiger partial charge in [-0.05, 0) is 35.4 Å². The largest absolute Gasteiger partial charge is 0.492 e. The van der Waals surface area contributed by atoms with Crippen LogP contribution in [0.25, 0.3) is 0 Å². The van der Waals surface area contributed by atoms with Gasteiger partial charge in [-0.2, -0.15) is 0 Å². The second-order valence-electron chi connectivity index (χ2n) is 6.77. The van der Waals surface area contributed by atoms with Gasteiger partial charge < -0.3 is 9.57 Å². The minimum absolute atomic E-state index is 0.0401. The first kappa shape index (κ1) is 19.4.